The molecule has 2 aromatic rings. The molecule has 2 aromatic carbocycles. The molecule has 0 bridgehead atoms. The first-order chi connectivity index (χ1) is 11.8. The van der Waals surface area contributed by atoms with Gasteiger partial charge in [0, 0.05) is 11.6 Å². The lowest BCUT2D eigenvalue weighted by Crippen LogP contribution is -2.35. The molecule has 1 saturated heterocycles. The molecule has 0 saturated carbocycles. The number of ketones is 1. The minimum absolute atomic E-state index is 0.0915. The molecule has 2 aliphatic rings. The summed E-state index contributed by atoms with van der Waals surface area (Å²) in [5.41, 5.74) is 2.05. The summed E-state index contributed by atoms with van der Waals surface area (Å²) in [5, 5.41) is 3.51. The van der Waals surface area contributed by atoms with Crippen molar-refractivity contribution in [1.82, 2.24) is 5.32 Å². The molecule has 4 heteroatoms. The van der Waals surface area contributed by atoms with Crippen LogP contribution in [0.3, 0.4) is 0 Å². The van der Waals surface area contributed by atoms with E-state index >= 15 is 0 Å². The van der Waals surface area contributed by atoms with Gasteiger partial charge in [0.25, 0.3) is 0 Å². The lowest BCUT2D eigenvalue weighted by Gasteiger charge is -2.14. The van der Waals surface area contributed by atoms with Crippen LogP contribution in [0.2, 0.25) is 0 Å². The number of aryl methyl sites for hydroxylation is 1. The normalized spacial score (nSPS) is 21.8. The Morgan fingerprint density at radius 1 is 1.04 bits per heavy atom. The number of hydrogen-bond donors (Lipinski definition) is 1. The Morgan fingerprint density at radius 3 is 2.75 bits per heavy atom. The van der Waals surface area contributed by atoms with Crippen LogP contribution in [0.15, 0.2) is 48.5 Å². The molecule has 1 N–H and O–H groups in total. The van der Waals surface area contributed by atoms with Crippen LogP contribution in [0.4, 0.5) is 0 Å². The van der Waals surface area contributed by atoms with Crippen molar-refractivity contribution in [3.05, 3.63) is 59.7 Å². The Labute approximate surface area is 141 Å². The molecule has 2 heterocycles. The van der Waals surface area contributed by atoms with E-state index in [9.17, 15) is 4.79 Å². The summed E-state index contributed by atoms with van der Waals surface area (Å²) in [4.78, 5) is 12.7. The van der Waals surface area contributed by atoms with E-state index in [4.69, 9.17) is 9.47 Å². The fraction of sp³-hybridized carbons (Fsp3) is 0.350. The molecule has 124 valence electrons. The molecule has 0 amide bonds. The first kappa shape index (κ1) is 15.2. The largest absolute Gasteiger partial charge is 0.454 e. The van der Waals surface area contributed by atoms with Crippen molar-refractivity contribution in [2.24, 2.45) is 0 Å². The van der Waals surface area contributed by atoms with Crippen molar-refractivity contribution in [3.8, 4) is 11.5 Å². The average molecular weight is 323 g/mol. The molecule has 2 atom stereocenters. The van der Waals surface area contributed by atoms with Gasteiger partial charge in [0.1, 0.15) is 0 Å². The van der Waals surface area contributed by atoms with Crippen LogP contribution in [0.1, 0.15) is 35.2 Å². The topological polar surface area (TPSA) is 47.6 Å². The number of benzene rings is 2. The number of fused-ring (bicyclic) bond motifs is 1. The van der Waals surface area contributed by atoms with E-state index in [0.29, 0.717) is 23.1 Å². The first-order valence-electron chi connectivity index (χ1n) is 8.53. The second-order valence-corrected chi connectivity index (χ2v) is 6.45. The highest BCUT2D eigenvalue weighted by molar-refractivity contribution is 6.00. The maximum Gasteiger partial charge on any atom is 0.231 e. The monoisotopic (exact) mass is 323 g/mol. The van der Waals surface area contributed by atoms with Gasteiger partial charge in [-0.3, -0.25) is 4.79 Å². The Morgan fingerprint density at radius 2 is 1.88 bits per heavy atom. The van der Waals surface area contributed by atoms with Gasteiger partial charge in [-0.05, 0) is 49.4 Å². The van der Waals surface area contributed by atoms with Gasteiger partial charge in [0.05, 0.1) is 6.04 Å². The molecule has 4 rings (SSSR count). The van der Waals surface area contributed by atoms with Crippen LogP contribution in [0.25, 0.3) is 0 Å². The second-order valence-electron chi connectivity index (χ2n) is 6.45. The predicted octanol–water partition coefficient (Wildman–Crippen LogP) is 3.35. The van der Waals surface area contributed by atoms with Gasteiger partial charge in [-0.15, -0.1) is 0 Å². The minimum atomic E-state index is -0.0915. The van der Waals surface area contributed by atoms with Crippen molar-refractivity contribution in [2.75, 3.05) is 6.79 Å². The molecule has 1 fully saturated rings. The van der Waals surface area contributed by atoms with Crippen LogP contribution in [-0.4, -0.2) is 24.7 Å². The van der Waals surface area contributed by atoms with Crippen LogP contribution < -0.4 is 14.8 Å². The van der Waals surface area contributed by atoms with Crippen LogP contribution >= 0.6 is 0 Å². The Bertz CT molecular complexity index is 729. The van der Waals surface area contributed by atoms with Gasteiger partial charge in [-0.2, -0.15) is 0 Å². The van der Waals surface area contributed by atoms with Gasteiger partial charge >= 0.3 is 0 Å². The SMILES string of the molecule is O=C(c1ccc2c(c1)OCO2)[C@@H]1CC[C@H](CCc2ccccc2)N1. The van der Waals surface area contributed by atoms with E-state index in [2.05, 4.69) is 29.6 Å². The van der Waals surface area contributed by atoms with Crippen molar-refractivity contribution in [2.45, 2.75) is 37.8 Å². The summed E-state index contributed by atoms with van der Waals surface area (Å²) in [6.07, 6.45) is 4.05. The molecule has 0 aromatic heterocycles. The third-order valence-electron chi connectivity index (χ3n) is 4.84. The lowest BCUT2D eigenvalue weighted by molar-refractivity contribution is 0.0949. The quantitative estimate of drug-likeness (QED) is 0.857. The predicted molar refractivity (Wildman–Crippen MR) is 91.6 cm³/mol. The standard InChI is InChI=1S/C20H21NO3/c22-20(15-7-11-18-19(12-15)24-13-23-18)17-10-9-16(21-17)8-6-14-4-2-1-3-5-14/h1-5,7,11-12,16-17,21H,6,8-10,13H2/t16-,17-/m0/s1. The van der Waals surface area contributed by atoms with Crippen molar-refractivity contribution in [1.29, 1.82) is 0 Å². The third kappa shape index (κ3) is 3.15. The van der Waals surface area contributed by atoms with E-state index in [1.807, 2.05) is 18.2 Å². The highest BCUT2D eigenvalue weighted by atomic mass is 16.7. The van der Waals surface area contributed by atoms with Crippen molar-refractivity contribution < 1.29 is 14.3 Å². The third-order valence-corrected chi connectivity index (χ3v) is 4.84. The Balaban J connectivity index is 1.35. The molecule has 0 radical (unpaired) electrons. The highest BCUT2D eigenvalue weighted by Gasteiger charge is 2.30. The summed E-state index contributed by atoms with van der Waals surface area (Å²) < 4.78 is 10.7. The molecular weight excluding hydrogens is 302 g/mol. The van der Waals surface area contributed by atoms with Crippen LogP contribution in [-0.2, 0) is 6.42 Å². The van der Waals surface area contributed by atoms with Crippen molar-refractivity contribution in [3.63, 3.8) is 0 Å². The van der Waals surface area contributed by atoms with E-state index < -0.39 is 0 Å². The zero-order valence-electron chi connectivity index (χ0n) is 13.5. The highest BCUT2D eigenvalue weighted by Crippen LogP contribution is 2.33. The van der Waals surface area contributed by atoms with E-state index in [1.54, 1.807) is 6.07 Å². The number of carbonyl (C=O) groups excluding carboxylic acids is 1. The molecule has 2 aliphatic heterocycles. The number of ether oxygens (including phenoxy) is 2. The van der Waals surface area contributed by atoms with Gasteiger partial charge in [-0.1, -0.05) is 30.3 Å². The number of Topliss-reactive ketones (excluding diaryl/α,β-unsaturated/α-hetero) is 1. The summed E-state index contributed by atoms with van der Waals surface area (Å²) >= 11 is 0. The summed E-state index contributed by atoms with van der Waals surface area (Å²) in [6, 6.07) is 16.3. The first-order valence-corrected chi connectivity index (χ1v) is 8.53. The van der Waals surface area contributed by atoms with Gasteiger partial charge in [-0.25, -0.2) is 0 Å². The number of hydrogen-bond acceptors (Lipinski definition) is 4. The maximum atomic E-state index is 12.7. The fourth-order valence-corrected chi connectivity index (χ4v) is 3.49. The maximum absolute atomic E-state index is 12.7. The molecule has 24 heavy (non-hydrogen) atoms. The minimum Gasteiger partial charge on any atom is -0.454 e. The average Bonchev–Trinajstić information content (AvgIpc) is 3.29. The zero-order chi connectivity index (χ0) is 16.4. The number of rotatable bonds is 5. The summed E-state index contributed by atoms with van der Waals surface area (Å²) in [6.45, 7) is 0.232. The molecule has 0 spiro atoms. The summed E-state index contributed by atoms with van der Waals surface area (Å²) in [5.74, 6) is 1.53. The fourth-order valence-electron chi connectivity index (χ4n) is 3.49. The summed E-state index contributed by atoms with van der Waals surface area (Å²) in [7, 11) is 0. The second kappa shape index (κ2) is 6.65. The van der Waals surface area contributed by atoms with Gasteiger partial charge < -0.3 is 14.8 Å². The van der Waals surface area contributed by atoms with Crippen LogP contribution in [0.5, 0.6) is 11.5 Å². The Kier molecular flexibility index (Phi) is 4.22. The van der Waals surface area contributed by atoms with Crippen LogP contribution in [0, 0.1) is 0 Å². The zero-order valence-corrected chi connectivity index (χ0v) is 13.5. The van der Waals surface area contributed by atoms with E-state index in [1.165, 1.54) is 5.56 Å². The number of nitrogens with one attached hydrogen (secondary N) is 1. The van der Waals surface area contributed by atoms with Crippen molar-refractivity contribution >= 4 is 5.78 Å². The smallest absolute Gasteiger partial charge is 0.231 e. The van der Waals surface area contributed by atoms with E-state index in [-0.39, 0.29) is 18.6 Å². The van der Waals surface area contributed by atoms with E-state index in [0.717, 1.165) is 25.7 Å². The van der Waals surface area contributed by atoms with Gasteiger partial charge in [0.15, 0.2) is 17.3 Å². The molecule has 4 nitrogen and oxygen atoms in total. The number of carbonyl (C=O) groups is 1. The molecule has 0 aliphatic carbocycles. The molecular formula is C20H21NO3. The molecule has 0 unspecified atom stereocenters. The lowest BCUT2D eigenvalue weighted by atomic mass is 10.0. The van der Waals surface area contributed by atoms with Gasteiger partial charge in [0.2, 0.25) is 6.79 Å². The Hall–Kier alpha value is -2.33.